The van der Waals surface area contributed by atoms with Gasteiger partial charge in [-0.2, -0.15) is 0 Å². The Morgan fingerprint density at radius 3 is 2.72 bits per heavy atom. The van der Waals surface area contributed by atoms with E-state index in [0.29, 0.717) is 12.4 Å². The third-order valence-electron chi connectivity index (χ3n) is 2.65. The van der Waals surface area contributed by atoms with Gasteiger partial charge in [-0.05, 0) is 13.8 Å². The van der Waals surface area contributed by atoms with Crippen molar-refractivity contribution in [1.29, 1.82) is 0 Å². The summed E-state index contributed by atoms with van der Waals surface area (Å²) in [6.45, 7) is 6.30. The summed E-state index contributed by atoms with van der Waals surface area (Å²) in [6.07, 6.45) is 0.751. The molecule has 0 aliphatic carbocycles. The van der Waals surface area contributed by atoms with Crippen molar-refractivity contribution in [3.63, 3.8) is 0 Å². The molecule has 18 heavy (non-hydrogen) atoms. The molecule has 0 saturated heterocycles. The Hall–Kier alpha value is -2.11. The predicted molar refractivity (Wildman–Crippen MR) is 69.1 cm³/mol. The molecule has 2 aromatic rings. The van der Waals surface area contributed by atoms with Crippen LogP contribution in [0.15, 0.2) is 10.6 Å². The summed E-state index contributed by atoms with van der Waals surface area (Å²) >= 11 is 0. The van der Waals surface area contributed by atoms with Gasteiger partial charge in [-0.1, -0.05) is 12.1 Å². The molecule has 0 amide bonds. The molecule has 0 saturated carbocycles. The molecule has 0 fully saturated rings. The van der Waals surface area contributed by atoms with E-state index in [1.54, 1.807) is 0 Å². The summed E-state index contributed by atoms with van der Waals surface area (Å²) in [5.41, 5.74) is 7.55. The molecule has 0 aliphatic rings. The number of nitrogen functional groups attached to an aromatic ring is 1. The van der Waals surface area contributed by atoms with Crippen LogP contribution in [0.5, 0.6) is 0 Å². The number of hydrogen-bond acceptors (Lipinski definition) is 6. The van der Waals surface area contributed by atoms with Crippen LogP contribution in [0.25, 0.3) is 0 Å². The SMILES string of the molecule is CCc1nc(N)c(C)c(NCc2cc(C)no2)n1. The lowest BCUT2D eigenvalue weighted by molar-refractivity contribution is 0.384. The van der Waals surface area contributed by atoms with Crippen molar-refractivity contribution in [2.75, 3.05) is 11.1 Å². The molecule has 0 radical (unpaired) electrons. The number of anilines is 2. The third kappa shape index (κ3) is 2.58. The average molecular weight is 247 g/mol. The van der Waals surface area contributed by atoms with Gasteiger partial charge in [-0.25, -0.2) is 9.97 Å². The normalized spacial score (nSPS) is 10.6. The zero-order chi connectivity index (χ0) is 13.1. The van der Waals surface area contributed by atoms with Crippen LogP contribution in [-0.4, -0.2) is 15.1 Å². The highest BCUT2D eigenvalue weighted by molar-refractivity contribution is 5.54. The number of aryl methyl sites for hydroxylation is 2. The van der Waals surface area contributed by atoms with Gasteiger partial charge >= 0.3 is 0 Å². The van der Waals surface area contributed by atoms with Crippen LogP contribution in [0.3, 0.4) is 0 Å². The smallest absolute Gasteiger partial charge is 0.156 e. The Kier molecular flexibility index (Phi) is 3.45. The van der Waals surface area contributed by atoms with Gasteiger partial charge in [-0.3, -0.25) is 0 Å². The first-order chi connectivity index (χ1) is 8.60. The highest BCUT2D eigenvalue weighted by Gasteiger charge is 2.08. The molecular formula is C12H17N5O. The predicted octanol–water partition coefficient (Wildman–Crippen LogP) is 1.84. The van der Waals surface area contributed by atoms with E-state index in [1.165, 1.54) is 0 Å². The summed E-state index contributed by atoms with van der Waals surface area (Å²) in [5, 5.41) is 7.02. The second kappa shape index (κ2) is 5.03. The molecule has 96 valence electrons. The maximum Gasteiger partial charge on any atom is 0.156 e. The molecule has 0 unspecified atom stereocenters. The van der Waals surface area contributed by atoms with Crippen LogP contribution in [0.4, 0.5) is 11.6 Å². The summed E-state index contributed by atoms with van der Waals surface area (Å²) < 4.78 is 5.13. The van der Waals surface area contributed by atoms with Gasteiger partial charge in [-0.15, -0.1) is 0 Å². The molecule has 2 heterocycles. The number of nitrogens with one attached hydrogen (secondary N) is 1. The molecule has 2 aromatic heterocycles. The molecule has 0 bridgehead atoms. The molecule has 6 heteroatoms. The van der Waals surface area contributed by atoms with Crippen molar-refractivity contribution in [2.45, 2.75) is 33.7 Å². The molecule has 3 N–H and O–H groups in total. The fourth-order valence-electron chi connectivity index (χ4n) is 1.58. The van der Waals surface area contributed by atoms with Crippen molar-refractivity contribution < 1.29 is 4.52 Å². The summed E-state index contributed by atoms with van der Waals surface area (Å²) in [7, 11) is 0. The topological polar surface area (TPSA) is 89.9 Å². The van der Waals surface area contributed by atoms with E-state index in [0.717, 1.165) is 35.1 Å². The fraction of sp³-hybridized carbons (Fsp3) is 0.417. The Bertz CT molecular complexity index is 549. The van der Waals surface area contributed by atoms with Crippen LogP contribution >= 0.6 is 0 Å². The van der Waals surface area contributed by atoms with Gasteiger partial charge in [0.05, 0.1) is 12.2 Å². The Morgan fingerprint density at radius 1 is 1.33 bits per heavy atom. The van der Waals surface area contributed by atoms with Crippen molar-refractivity contribution in [3.05, 3.63) is 28.9 Å². The Balaban J connectivity index is 2.15. The van der Waals surface area contributed by atoms with Gasteiger partial charge in [0.1, 0.15) is 17.5 Å². The minimum atomic E-state index is 0.512. The van der Waals surface area contributed by atoms with Crippen LogP contribution in [0.2, 0.25) is 0 Å². The first-order valence-corrected chi connectivity index (χ1v) is 5.89. The van der Waals surface area contributed by atoms with Crippen LogP contribution < -0.4 is 11.1 Å². The van der Waals surface area contributed by atoms with E-state index >= 15 is 0 Å². The van der Waals surface area contributed by atoms with Crippen LogP contribution in [0.1, 0.15) is 29.8 Å². The molecule has 2 rings (SSSR count). The monoisotopic (exact) mass is 247 g/mol. The van der Waals surface area contributed by atoms with E-state index in [4.69, 9.17) is 10.3 Å². The van der Waals surface area contributed by atoms with E-state index < -0.39 is 0 Å². The largest absolute Gasteiger partial charge is 0.383 e. The van der Waals surface area contributed by atoms with Crippen molar-refractivity contribution in [3.8, 4) is 0 Å². The summed E-state index contributed by atoms with van der Waals surface area (Å²) in [4.78, 5) is 8.61. The Labute approximate surface area is 106 Å². The minimum Gasteiger partial charge on any atom is -0.383 e. The molecule has 0 spiro atoms. The summed E-state index contributed by atoms with van der Waals surface area (Å²) in [5.74, 6) is 2.75. The number of hydrogen-bond donors (Lipinski definition) is 2. The number of nitrogens with zero attached hydrogens (tertiary/aromatic N) is 3. The minimum absolute atomic E-state index is 0.512. The lowest BCUT2D eigenvalue weighted by Crippen LogP contribution is -2.09. The van der Waals surface area contributed by atoms with Crippen molar-refractivity contribution in [2.24, 2.45) is 0 Å². The average Bonchev–Trinajstić information content (AvgIpc) is 2.77. The number of nitrogens with two attached hydrogens (primary N) is 1. The number of rotatable bonds is 4. The zero-order valence-corrected chi connectivity index (χ0v) is 10.8. The third-order valence-corrected chi connectivity index (χ3v) is 2.65. The van der Waals surface area contributed by atoms with Crippen LogP contribution in [-0.2, 0) is 13.0 Å². The van der Waals surface area contributed by atoms with E-state index in [9.17, 15) is 0 Å². The molecule has 0 aromatic carbocycles. The first kappa shape index (κ1) is 12.3. The zero-order valence-electron chi connectivity index (χ0n) is 10.8. The molecular weight excluding hydrogens is 230 g/mol. The fourth-order valence-corrected chi connectivity index (χ4v) is 1.58. The molecule has 0 aliphatic heterocycles. The maximum absolute atomic E-state index is 5.84. The lowest BCUT2D eigenvalue weighted by atomic mass is 10.3. The van der Waals surface area contributed by atoms with Gasteiger partial charge in [0.25, 0.3) is 0 Å². The highest BCUT2D eigenvalue weighted by atomic mass is 16.5. The second-order valence-electron chi connectivity index (χ2n) is 4.14. The first-order valence-electron chi connectivity index (χ1n) is 5.89. The van der Waals surface area contributed by atoms with Crippen molar-refractivity contribution in [1.82, 2.24) is 15.1 Å². The maximum atomic E-state index is 5.84. The van der Waals surface area contributed by atoms with Gasteiger partial charge in [0.2, 0.25) is 0 Å². The van der Waals surface area contributed by atoms with E-state index in [-0.39, 0.29) is 0 Å². The lowest BCUT2D eigenvalue weighted by Gasteiger charge is -2.10. The Morgan fingerprint density at radius 2 is 2.11 bits per heavy atom. The summed E-state index contributed by atoms with van der Waals surface area (Å²) in [6, 6.07) is 1.88. The second-order valence-corrected chi connectivity index (χ2v) is 4.14. The van der Waals surface area contributed by atoms with Gasteiger partial charge in [0.15, 0.2) is 5.76 Å². The highest BCUT2D eigenvalue weighted by Crippen LogP contribution is 2.18. The van der Waals surface area contributed by atoms with Gasteiger partial charge in [0, 0.05) is 18.1 Å². The quantitative estimate of drug-likeness (QED) is 0.856. The van der Waals surface area contributed by atoms with Crippen molar-refractivity contribution >= 4 is 11.6 Å². The van der Waals surface area contributed by atoms with Gasteiger partial charge < -0.3 is 15.6 Å². The van der Waals surface area contributed by atoms with E-state index in [2.05, 4.69) is 20.4 Å². The standard InChI is InChI=1S/C12H17N5O/c1-4-10-15-11(13)8(3)12(16-10)14-6-9-5-7(2)17-18-9/h5H,4,6H2,1-3H3,(H3,13,14,15,16). The number of aromatic nitrogens is 3. The van der Waals surface area contributed by atoms with E-state index in [1.807, 2.05) is 26.8 Å². The molecule has 0 atom stereocenters. The molecule has 6 nitrogen and oxygen atoms in total. The van der Waals surface area contributed by atoms with Crippen LogP contribution in [0, 0.1) is 13.8 Å².